The van der Waals surface area contributed by atoms with Crippen molar-refractivity contribution in [3.63, 3.8) is 0 Å². The van der Waals surface area contributed by atoms with Crippen molar-refractivity contribution in [3.8, 4) is 11.4 Å². The zero-order valence-corrected chi connectivity index (χ0v) is 11.4. The van der Waals surface area contributed by atoms with E-state index >= 15 is 0 Å². The lowest BCUT2D eigenvalue weighted by Gasteiger charge is -1.98. The number of nitrogens with one attached hydrogen (secondary N) is 1. The van der Waals surface area contributed by atoms with Gasteiger partial charge in [-0.05, 0) is 17.3 Å². The Morgan fingerprint density at radius 2 is 2.14 bits per heavy atom. The van der Waals surface area contributed by atoms with Crippen LogP contribution in [0.15, 0.2) is 28.9 Å². The summed E-state index contributed by atoms with van der Waals surface area (Å²) in [6.45, 7) is 0. The fourth-order valence-electron chi connectivity index (χ4n) is 2.34. The second-order valence-corrected chi connectivity index (χ2v) is 4.57. The number of hydrogen-bond donors (Lipinski definition) is 1. The van der Waals surface area contributed by atoms with Crippen molar-refractivity contribution in [2.75, 3.05) is 12.4 Å². The first-order valence-electron chi connectivity index (χ1n) is 6.35. The van der Waals surface area contributed by atoms with Gasteiger partial charge in [0.2, 0.25) is 11.5 Å². The predicted molar refractivity (Wildman–Crippen MR) is 76.6 cm³/mol. The fraction of sp³-hybridized carbons (Fsp3) is 0.154. The molecule has 0 radical (unpaired) electrons. The minimum atomic E-state index is 0.550. The van der Waals surface area contributed by atoms with E-state index in [9.17, 15) is 0 Å². The summed E-state index contributed by atoms with van der Waals surface area (Å²) in [5, 5.41) is 16.9. The Bertz CT molecular complexity index is 956. The van der Waals surface area contributed by atoms with Gasteiger partial charge in [-0.15, -0.1) is 10.2 Å². The Balaban J connectivity index is 1.99. The van der Waals surface area contributed by atoms with Gasteiger partial charge in [0, 0.05) is 18.0 Å². The highest BCUT2D eigenvalue weighted by atomic mass is 16.3. The van der Waals surface area contributed by atoms with E-state index < -0.39 is 0 Å². The molecule has 1 N–H and O–H groups in total. The molecule has 0 bridgehead atoms. The number of nitrogens with zero attached hydrogens (tertiary/aromatic N) is 6. The van der Waals surface area contributed by atoms with Crippen molar-refractivity contribution < 1.29 is 4.42 Å². The van der Waals surface area contributed by atoms with E-state index in [2.05, 4.69) is 30.7 Å². The fourth-order valence-corrected chi connectivity index (χ4v) is 2.34. The van der Waals surface area contributed by atoms with Crippen molar-refractivity contribution in [1.82, 2.24) is 30.2 Å². The average Bonchev–Trinajstić information content (AvgIpc) is 3.09. The normalized spacial score (nSPS) is 11.3. The molecule has 0 aliphatic rings. The van der Waals surface area contributed by atoms with Crippen LogP contribution in [0.3, 0.4) is 0 Å². The number of anilines is 1. The standard InChI is InChI=1S/C13H11N7O/c1-14-12-10-8-4-3-7(11-17-19-20(2)18-11)5-9(8)21-13(10)16-6-15-12/h3-6H,1-2H3,(H,14,15,16). The molecule has 0 aliphatic carbocycles. The molecule has 8 nitrogen and oxygen atoms in total. The second-order valence-electron chi connectivity index (χ2n) is 4.57. The van der Waals surface area contributed by atoms with Gasteiger partial charge in [0.05, 0.1) is 12.4 Å². The van der Waals surface area contributed by atoms with Gasteiger partial charge in [-0.2, -0.15) is 4.80 Å². The summed E-state index contributed by atoms with van der Waals surface area (Å²) in [5.41, 5.74) is 2.11. The molecule has 3 heterocycles. The summed E-state index contributed by atoms with van der Waals surface area (Å²) < 4.78 is 5.79. The molecule has 21 heavy (non-hydrogen) atoms. The first-order chi connectivity index (χ1) is 10.3. The summed E-state index contributed by atoms with van der Waals surface area (Å²) in [6, 6.07) is 5.77. The van der Waals surface area contributed by atoms with Crippen LogP contribution in [0, 0.1) is 0 Å². The van der Waals surface area contributed by atoms with Gasteiger partial charge in [-0.25, -0.2) is 9.97 Å². The predicted octanol–water partition coefficient (Wildman–Crippen LogP) is 1.61. The van der Waals surface area contributed by atoms with Crippen LogP contribution in [0.1, 0.15) is 0 Å². The molecule has 4 rings (SSSR count). The second kappa shape index (κ2) is 4.23. The first kappa shape index (κ1) is 11.8. The number of fused-ring (bicyclic) bond motifs is 3. The highest BCUT2D eigenvalue weighted by Crippen LogP contribution is 2.33. The van der Waals surface area contributed by atoms with Crippen molar-refractivity contribution in [2.45, 2.75) is 0 Å². The number of aryl methyl sites for hydroxylation is 1. The maximum Gasteiger partial charge on any atom is 0.232 e. The van der Waals surface area contributed by atoms with Gasteiger partial charge in [-0.1, -0.05) is 6.07 Å². The molecule has 1 aromatic carbocycles. The molecule has 0 fully saturated rings. The Morgan fingerprint density at radius 1 is 1.24 bits per heavy atom. The van der Waals surface area contributed by atoms with E-state index in [-0.39, 0.29) is 0 Å². The topological polar surface area (TPSA) is 94.5 Å². The Morgan fingerprint density at radius 3 is 2.90 bits per heavy atom. The summed E-state index contributed by atoms with van der Waals surface area (Å²) in [5.74, 6) is 1.30. The summed E-state index contributed by atoms with van der Waals surface area (Å²) >= 11 is 0. The number of tetrazole rings is 1. The molecular weight excluding hydrogens is 270 g/mol. The van der Waals surface area contributed by atoms with E-state index in [0.29, 0.717) is 17.1 Å². The van der Waals surface area contributed by atoms with Crippen molar-refractivity contribution in [3.05, 3.63) is 24.5 Å². The van der Waals surface area contributed by atoms with Crippen LogP contribution in [0.25, 0.3) is 33.5 Å². The van der Waals surface area contributed by atoms with E-state index in [0.717, 1.165) is 22.2 Å². The molecule has 4 aromatic rings. The van der Waals surface area contributed by atoms with E-state index in [1.165, 1.54) is 11.1 Å². The van der Waals surface area contributed by atoms with Gasteiger partial charge in [0.15, 0.2) is 0 Å². The highest BCUT2D eigenvalue weighted by Gasteiger charge is 2.14. The third-order valence-electron chi connectivity index (χ3n) is 3.27. The summed E-state index contributed by atoms with van der Waals surface area (Å²) in [6.07, 6.45) is 1.47. The Hall–Kier alpha value is -3.03. The van der Waals surface area contributed by atoms with Gasteiger partial charge in [0.1, 0.15) is 17.7 Å². The molecule has 0 saturated heterocycles. The van der Waals surface area contributed by atoms with Crippen molar-refractivity contribution in [1.29, 1.82) is 0 Å². The van der Waals surface area contributed by atoms with Crippen LogP contribution in [0.4, 0.5) is 5.82 Å². The number of benzene rings is 1. The van der Waals surface area contributed by atoms with Crippen LogP contribution in [0.2, 0.25) is 0 Å². The number of aromatic nitrogens is 6. The number of furan rings is 1. The van der Waals surface area contributed by atoms with Crippen LogP contribution < -0.4 is 5.32 Å². The molecule has 104 valence electrons. The first-order valence-corrected chi connectivity index (χ1v) is 6.35. The maximum absolute atomic E-state index is 5.79. The van der Waals surface area contributed by atoms with E-state index in [4.69, 9.17) is 4.42 Å². The molecule has 0 spiro atoms. The maximum atomic E-state index is 5.79. The Labute approximate surface area is 118 Å². The van der Waals surface area contributed by atoms with E-state index in [1.54, 1.807) is 7.05 Å². The molecule has 0 amide bonds. The van der Waals surface area contributed by atoms with Crippen molar-refractivity contribution in [2.24, 2.45) is 7.05 Å². The van der Waals surface area contributed by atoms with Crippen LogP contribution in [-0.4, -0.2) is 37.2 Å². The molecular formula is C13H11N7O. The van der Waals surface area contributed by atoms with Crippen LogP contribution >= 0.6 is 0 Å². The molecule has 0 atom stereocenters. The third-order valence-corrected chi connectivity index (χ3v) is 3.27. The number of rotatable bonds is 2. The van der Waals surface area contributed by atoms with Gasteiger partial charge in [0.25, 0.3) is 0 Å². The Kier molecular flexibility index (Phi) is 2.37. The zero-order valence-electron chi connectivity index (χ0n) is 11.4. The molecule has 8 heteroatoms. The quantitative estimate of drug-likeness (QED) is 0.596. The largest absolute Gasteiger partial charge is 0.437 e. The summed E-state index contributed by atoms with van der Waals surface area (Å²) in [4.78, 5) is 9.80. The average molecular weight is 281 g/mol. The third kappa shape index (κ3) is 1.72. The van der Waals surface area contributed by atoms with E-state index in [1.807, 2.05) is 25.2 Å². The number of hydrogen-bond acceptors (Lipinski definition) is 7. The lowest BCUT2D eigenvalue weighted by atomic mass is 10.1. The van der Waals surface area contributed by atoms with Crippen LogP contribution in [-0.2, 0) is 7.05 Å². The molecule has 0 unspecified atom stereocenters. The smallest absolute Gasteiger partial charge is 0.232 e. The minimum Gasteiger partial charge on any atom is -0.437 e. The molecule has 0 aliphatic heterocycles. The zero-order chi connectivity index (χ0) is 14.4. The minimum absolute atomic E-state index is 0.550. The summed E-state index contributed by atoms with van der Waals surface area (Å²) in [7, 11) is 3.55. The van der Waals surface area contributed by atoms with Crippen LogP contribution in [0.5, 0.6) is 0 Å². The van der Waals surface area contributed by atoms with Gasteiger partial charge in [-0.3, -0.25) is 0 Å². The lowest BCUT2D eigenvalue weighted by Crippen LogP contribution is -1.93. The highest BCUT2D eigenvalue weighted by molar-refractivity contribution is 6.09. The lowest BCUT2D eigenvalue weighted by molar-refractivity contribution is 0.630. The van der Waals surface area contributed by atoms with Gasteiger partial charge >= 0.3 is 0 Å². The van der Waals surface area contributed by atoms with Gasteiger partial charge < -0.3 is 9.73 Å². The SMILES string of the molecule is CNc1ncnc2oc3cc(-c4nnn(C)n4)ccc3c12. The van der Waals surface area contributed by atoms with Crippen molar-refractivity contribution >= 4 is 27.9 Å². The molecule has 0 saturated carbocycles. The monoisotopic (exact) mass is 281 g/mol. The molecule has 3 aromatic heterocycles.